The first kappa shape index (κ1) is 10.6. The second-order valence-corrected chi connectivity index (χ2v) is 7.22. The zero-order valence-electron chi connectivity index (χ0n) is 8.71. The molecule has 2 aromatic rings. The molecule has 2 atom stereocenters. The minimum Gasteiger partial charge on any atom is -0.353 e. The van der Waals surface area contributed by atoms with Gasteiger partial charge in [-0.15, -0.1) is 33.3 Å². The Balaban J connectivity index is 1.86. The Kier molecular flexibility index (Phi) is 2.87. The van der Waals surface area contributed by atoms with E-state index in [1.807, 2.05) is 23.1 Å². The van der Waals surface area contributed by atoms with Gasteiger partial charge in [0.15, 0.2) is 0 Å². The Bertz CT molecular complexity index is 465. The monoisotopic (exact) mass is 269 g/mol. The maximum atomic E-state index is 4.05. The van der Waals surface area contributed by atoms with Crippen LogP contribution in [0, 0.1) is 0 Å². The number of thiophene rings is 1. The minimum absolute atomic E-state index is 0.394. The van der Waals surface area contributed by atoms with Gasteiger partial charge in [-0.3, -0.25) is 0 Å². The third kappa shape index (κ3) is 1.97. The van der Waals surface area contributed by atoms with E-state index in [4.69, 9.17) is 0 Å². The molecule has 2 aromatic heterocycles. The van der Waals surface area contributed by atoms with Crippen LogP contribution in [-0.2, 0) is 0 Å². The normalized spacial score (nSPS) is 24.1. The molecular weight excluding hydrogens is 258 g/mol. The number of anilines is 1. The fraction of sp³-hybridized carbons (Fsp3) is 0.400. The van der Waals surface area contributed by atoms with Gasteiger partial charge in [0.05, 0.1) is 10.3 Å². The fourth-order valence-corrected chi connectivity index (χ4v) is 4.94. The molecule has 0 saturated heterocycles. The van der Waals surface area contributed by atoms with Gasteiger partial charge in [-0.2, -0.15) is 0 Å². The van der Waals surface area contributed by atoms with Crippen molar-refractivity contribution in [1.29, 1.82) is 0 Å². The van der Waals surface area contributed by atoms with Gasteiger partial charge in [0.25, 0.3) is 0 Å². The Labute approximate surface area is 106 Å². The van der Waals surface area contributed by atoms with E-state index in [1.54, 1.807) is 16.8 Å². The van der Waals surface area contributed by atoms with Crippen molar-refractivity contribution in [2.24, 2.45) is 0 Å². The molecule has 3 nitrogen and oxygen atoms in total. The number of nitrogens with one attached hydrogen (secondary N) is 1. The highest BCUT2D eigenvalue weighted by molar-refractivity contribution is 8.01. The van der Waals surface area contributed by atoms with E-state index in [0.717, 1.165) is 11.6 Å². The van der Waals surface area contributed by atoms with E-state index >= 15 is 0 Å². The van der Waals surface area contributed by atoms with Crippen molar-refractivity contribution in [1.82, 2.24) is 10.2 Å². The molecule has 1 N–H and O–H groups in total. The lowest BCUT2D eigenvalue weighted by Gasteiger charge is -2.27. The van der Waals surface area contributed by atoms with E-state index in [0.29, 0.717) is 11.3 Å². The molecule has 0 bridgehead atoms. The summed E-state index contributed by atoms with van der Waals surface area (Å²) in [5, 5.41) is 15.1. The Morgan fingerprint density at radius 1 is 1.44 bits per heavy atom. The summed E-state index contributed by atoms with van der Waals surface area (Å²) in [6, 6.07) is 2.61. The van der Waals surface area contributed by atoms with Crippen molar-refractivity contribution in [2.45, 2.75) is 28.8 Å². The zero-order valence-corrected chi connectivity index (χ0v) is 11.2. The minimum atomic E-state index is 0.394. The molecule has 84 valence electrons. The van der Waals surface area contributed by atoms with Crippen molar-refractivity contribution in [3.63, 3.8) is 0 Å². The van der Waals surface area contributed by atoms with Crippen LogP contribution in [0.3, 0.4) is 0 Å². The van der Waals surface area contributed by atoms with Crippen LogP contribution in [0.25, 0.3) is 0 Å². The highest BCUT2D eigenvalue weighted by Crippen LogP contribution is 2.44. The summed E-state index contributed by atoms with van der Waals surface area (Å²) in [6.07, 6.45) is 1.15. The van der Waals surface area contributed by atoms with Gasteiger partial charge in [-0.05, 0) is 23.4 Å². The van der Waals surface area contributed by atoms with Gasteiger partial charge in [-0.1, -0.05) is 18.3 Å². The summed E-state index contributed by atoms with van der Waals surface area (Å²) in [5.74, 6) is 0. The first-order valence-electron chi connectivity index (χ1n) is 5.09. The summed E-state index contributed by atoms with van der Waals surface area (Å²) in [7, 11) is 0. The summed E-state index contributed by atoms with van der Waals surface area (Å²) < 4.78 is 1.45. The van der Waals surface area contributed by atoms with Crippen LogP contribution >= 0.6 is 34.4 Å². The topological polar surface area (TPSA) is 37.8 Å². The summed E-state index contributed by atoms with van der Waals surface area (Å²) in [5.41, 5.74) is 3.18. The largest absolute Gasteiger partial charge is 0.353 e. The van der Waals surface area contributed by atoms with Crippen molar-refractivity contribution < 1.29 is 0 Å². The second kappa shape index (κ2) is 4.35. The molecule has 0 amide bonds. The smallest absolute Gasteiger partial charge is 0.205 e. The zero-order chi connectivity index (χ0) is 11.0. The second-order valence-electron chi connectivity index (χ2n) is 3.77. The van der Waals surface area contributed by atoms with Crippen LogP contribution in [0.2, 0.25) is 0 Å². The summed E-state index contributed by atoms with van der Waals surface area (Å²) >= 11 is 5.37. The third-order valence-electron chi connectivity index (χ3n) is 2.57. The highest BCUT2D eigenvalue weighted by atomic mass is 32.2. The van der Waals surface area contributed by atoms with Crippen molar-refractivity contribution in [3.8, 4) is 0 Å². The van der Waals surface area contributed by atoms with E-state index in [9.17, 15) is 0 Å². The van der Waals surface area contributed by atoms with Gasteiger partial charge in [-0.25, -0.2) is 0 Å². The van der Waals surface area contributed by atoms with Crippen molar-refractivity contribution >= 4 is 39.6 Å². The predicted octanol–water partition coefficient (Wildman–Crippen LogP) is 3.64. The number of rotatable bonds is 2. The standard InChI is InChI=1S/C10H11N3S3/c1-6-4-8(12-10-13-11-5-15-10)7-2-3-14-9(7)16-6/h2-3,5-6,8H,4H2,1H3,(H,12,13)/t6-,8?/m0/s1. The van der Waals surface area contributed by atoms with Crippen LogP contribution < -0.4 is 5.32 Å². The van der Waals surface area contributed by atoms with Crippen LogP contribution in [0.4, 0.5) is 5.13 Å². The number of fused-ring (bicyclic) bond motifs is 1. The van der Waals surface area contributed by atoms with Crippen molar-refractivity contribution in [2.75, 3.05) is 5.32 Å². The van der Waals surface area contributed by atoms with Gasteiger partial charge < -0.3 is 5.32 Å². The van der Waals surface area contributed by atoms with E-state index in [2.05, 4.69) is 33.9 Å². The Morgan fingerprint density at radius 2 is 2.38 bits per heavy atom. The molecule has 0 aliphatic carbocycles. The van der Waals surface area contributed by atoms with E-state index in [-0.39, 0.29) is 0 Å². The van der Waals surface area contributed by atoms with Gasteiger partial charge in [0.1, 0.15) is 5.51 Å². The Hall–Kier alpha value is -0.590. The van der Waals surface area contributed by atoms with Crippen LogP contribution in [0.15, 0.2) is 21.2 Å². The molecular formula is C10H11N3S3. The maximum Gasteiger partial charge on any atom is 0.205 e. The lowest BCUT2D eigenvalue weighted by molar-refractivity contribution is 0.668. The number of hydrogen-bond donors (Lipinski definition) is 1. The molecule has 6 heteroatoms. The molecule has 3 heterocycles. The third-order valence-corrected chi connectivity index (χ3v) is 5.53. The molecule has 0 fully saturated rings. The van der Waals surface area contributed by atoms with Crippen LogP contribution in [0.1, 0.15) is 24.9 Å². The lowest BCUT2D eigenvalue weighted by atomic mass is 10.1. The summed E-state index contributed by atoms with van der Waals surface area (Å²) in [4.78, 5) is 0. The van der Waals surface area contributed by atoms with E-state index < -0.39 is 0 Å². The molecule has 1 aliphatic rings. The number of aromatic nitrogens is 2. The average Bonchev–Trinajstić information content (AvgIpc) is 2.87. The number of thioether (sulfide) groups is 1. The first-order chi connectivity index (χ1) is 7.83. The Morgan fingerprint density at radius 3 is 3.19 bits per heavy atom. The summed E-state index contributed by atoms with van der Waals surface area (Å²) in [6.45, 7) is 2.28. The van der Waals surface area contributed by atoms with Gasteiger partial charge in [0, 0.05) is 5.25 Å². The molecule has 1 aliphatic heterocycles. The van der Waals surface area contributed by atoms with Crippen molar-refractivity contribution in [3.05, 3.63) is 22.5 Å². The molecule has 0 saturated carbocycles. The average molecular weight is 269 g/mol. The SMILES string of the molecule is C[C@H]1CC(Nc2nncs2)c2ccsc2S1. The molecule has 0 radical (unpaired) electrons. The molecule has 0 aromatic carbocycles. The first-order valence-corrected chi connectivity index (χ1v) is 7.73. The lowest BCUT2D eigenvalue weighted by Crippen LogP contribution is -2.18. The molecule has 0 spiro atoms. The molecule has 16 heavy (non-hydrogen) atoms. The highest BCUT2D eigenvalue weighted by Gasteiger charge is 2.26. The van der Waals surface area contributed by atoms with Crippen LogP contribution in [-0.4, -0.2) is 15.4 Å². The van der Waals surface area contributed by atoms with Crippen LogP contribution in [0.5, 0.6) is 0 Å². The van der Waals surface area contributed by atoms with Gasteiger partial charge >= 0.3 is 0 Å². The predicted molar refractivity (Wildman–Crippen MR) is 70.5 cm³/mol. The maximum absolute atomic E-state index is 4.05. The van der Waals surface area contributed by atoms with E-state index in [1.165, 1.54) is 9.77 Å². The molecule has 3 rings (SSSR count). The quantitative estimate of drug-likeness (QED) is 0.903. The number of hydrogen-bond acceptors (Lipinski definition) is 6. The van der Waals surface area contributed by atoms with Gasteiger partial charge in [0.2, 0.25) is 5.13 Å². The fourth-order valence-electron chi connectivity index (χ4n) is 1.87. The number of nitrogens with zero attached hydrogens (tertiary/aromatic N) is 2. The molecule has 1 unspecified atom stereocenters.